The molecule has 0 unspecified atom stereocenters. The van der Waals surface area contributed by atoms with E-state index in [9.17, 15) is 9.50 Å². The van der Waals surface area contributed by atoms with E-state index in [0.717, 1.165) is 26.2 Å². The number of benzene rings is 1. The van der Waals surface area contributed by atoms with Gasteiger partial charge < -0.3 is 10.4 Å². The average molecular weight is 245 g/mol. The molecular formula is C11H14ClFN2O. The molecule has 1 heterocycles. The van der Waals surface area contributed by atoms with Crippen molar-refractivity contribution in [3.8, 4) is 5.75 Å². The molecule has 0 aromatic heterocycles. The van der Waals surface area contributed by atoms with Gasteiger partial charge in [0.2, 0.25) is 0 Å². The molecule has 0 atom stereocenters. The van der Waals surface area contributed by atoms with Crippen molar-refractivity contribution in [3.05, 3.63) is 28.5 Å². The van der Waals surface area contributed by atoms with Crippen LogP contribution >= 0.6 is 11.6 Å². The fourth-order valence-electron chi connectivity index (χ4n) is 1.82. The first-order chi connectivity index (χ1) is 7.68. The Kier molecular flexibility index (Phi) is 3.63. The fourth-order valence-corrected chi connectivity index (χ4v) is 2.04. The van der Waals surface area contributed by atoms with Crippen LogP contribution in [0.15, 0.2) is 12.1 Å². The Bertz CT molecular complexity index is 380. The minimum atomic E-state index is -0.360. The van der Waals surface area contributed by atoms with Crippen molar-refractivity contribution in [2.45, 2.75) is 6.54 Å². The molecule has 16 heavy (non-hydrogen) atoms. The van der Waals surface area contributed by atoms with Gasteiger partial charge in [-0.2, -0.15) is 0 Å². The highest BCUT2D eigenvalue weighted by molar-refractivity contribution is 6.32. The summed E-state index contributed by atoms with van der Waals surface area (Å²) >= 11 is 5.89. The van der Waals surface area contributed by atoms with E-state index < -0.39 is 0 Å². The highest BCUT2D eigenvalue weighted by Crippen LogP contribution is 2.29. The molecule has 1 fully saturated rings. The van der Waals surface area contributed by atoms with Gasteiger partial charge in [-0.3, -0.25) is 4.90 Å². The minimum absolute atomic E-state index is 0.0619. The molecule has 88 valence electrons. The topological polar surface area (TPSA) is 35.5 Å². The number of hydrogen-bond donors (Lipinski definition) is 2. The van der Waals surface area contributed by atoms with Gasteiger partial charge in [0.25, 0.3) is 0 Å². The molecule has 1 aromatic carbocycles. The van der Waals surface area contributed by atoms with Crippen LogP contribution in [0.1, 0.15) is 5.56 Å². The zero-order valence-corrected chi connectivity index (χ0v) is 9.60. The number of phenols is 1. The molecule has 0 spiro atoms. The highest BCUT2D eigenvalue weighted by Gasteiger charge is 2.16. The number of hydrogen-bond acceptors (Lipinski definition) is 3. The maximum Gasteiger partial charge on any atom is 0.134 e. The lowest BCUT2D eigenvalue weighted by Gasteiger charge is -2.27. The molecule has 0 saturated carbocycles. The summed E-state index contributed by atoms with van der Waals surface area (Å²) in [5, 5.41) is 12.8. The lowest BCUT2D eigenvalue weighted by molar-refractivity contribution is 0.230. The highest BCUT2D eigenvalue weighted by atomic mass is 35.5. The first-order valence-corrected chi connectivity index (χ1v) is 5.65. The fraction of sp³-hybridized carbons (Fsp3) is 0.455. The molecular weight excluding hydrogens is 231 g/mol. The van der Waals surface area contributed by atoms with Gasteiger partial charge in [-0.15, -0.1) is 0 Å². The Balaban J connectivity index is 2.16. The van der Waals surface area contributed by atoms with Gasteiger partial charge in [-0.1, -0.05) is 11.6 Å². The second-order valence-electron chi connectivity index (χ2n) is 3.89. The first-order valence-electron chi connectivity index (χ1n) is 5.27. The number of nitrogens with one attached hydrogen (secondary N) is 1. The summed E-state index contributed by atoms with van der Waals surface area (Å²) in [4.78, 5) is 2.11. The third-order valence-electron chi connectivity index (χ3n) is 2.76. The van der Waals surface area contributed by atoms with Crippen LogP contribution in [0.25, 0.3) is 0 Å². The van der Waals surface area contributed by atoms with Gasteiger partial charge in [-0.05, 0) is 12.1 Å². The molecule has 1 aliphatic heterocycles. The number of rotatable bonds is 2. The predicted molar refractivity (Wildman–Crippen MR) is 61.2 cm³/mol. The van der Waals surface area contributed by atoms with Gasteiger partial charge in [0, 0.05) is 38.3 Å². The molecule has 2 rings (SSSR count). The van der Waals surface area contributed by atoms with Crippen LogP contribution in [0.5, 0.6) is 5.75 Å². The van der Waals surface area contributed by atoms with E-state index in [1.165, 1.54) is 12.1 Å². The van der Waals surface area contributed by atoms with E-state index in [1.807, 2.05) is 0 Å². The van der Waals surface area contributed by atoms with Crippen molar-refractivity contribution in [2.75, 3.05) is 26.2 Å². The van der Waals surface area contributed by atoms with Gasteiger partial charge in [0.15, 0.2) is 0 Å². The Morgan fingerprint density at radius 1 is 1.38 bits per heavy atom. The Hall–Kier alpha value is -0.840. The lowest BCUT2D eigenvalue weighted by Crippen LogP contribution is -2.43. The van der Waals surface area contributed by atoms with Crippen molar-refractivity contribution in [2.24, 2.45) is 0 Å². The van der Waals surface area contributed by atoms with E-state index >= 15 is 0 Å². The summed E-state index contributed by atoms with van der Waals surface area (Å²) in [6.07, 6.45) is 0. The van der Waals surface area contributed by atoms with Crippen LogP contribution in [-0.2, 0) is 6.54 Å². The van der Waals surface area contributed by atoms with Crippen LogP contribution in [-0.4, -0.2) is 36.2 Å². The molecule has 0 amide bonds. The van der Waals surface area contributed by atoms with Crippen molar-refractivity contribution >= 4 is 11.6 Å². The van der Waals surface area contributed by atoms with E-state index in [2.05, 4.69) is 10.2 Å². The van der Waals surface area contributed by atoms with E-state index in [-0.39, 0.29) is 16.6 Å². The standard InChI is InChI=1S/C11H14ClFN2O/c12-11-8(9(13)1-2-10(11)16)7-15-5-3-14-4-6-15/h1-2,14,16H,3-7H2. The number of halogens is 2. The molecule has 3 nitrogen and oxygen atoms in total. The second-order valence-corrected chi connectivity index (χ2v) is 4.26. The summed E-state index contributed by atoms with van der Waals surface area (Å²) in [5.41, 5.74) is 0.378. The largest absolute Gasteiger partial charge is 0.506 e. The molecule has 0 radical (unpaired) electrons. The molecule has 0 bridgehead atoms. The molecule has 1 aliphatic rings. The Morgan fingerprint density at radius 3 is 2.75 bits per heavy atom. The normalized spacial score (nSPS) is 17.6. The smallest absolute Gasteiger partial charge is 0.134 e. The first kappa shape index (κ1) is 11.6. The van der Waals surface area contributed by atoms with Gasteiger partial charge >= 0.3 is 0 Å². The quantitative estimate of drug-likeness (QED) is 0.830. The average Bonchev–Trinajstić information content (AvgIpc) is 2.31. The van der Waals surface area contributed by atoms with Crippen LogP contribution in [0.3, 0.4) is 0 Å². The third kappa shape index (κ3) is 2.45. The molecule has 1 aromatic rings. The SMILES string of the molecule is Oc1ccc(F)c(CN2CCNCC2)c1Cl. The lowest BCUT2D eigenvalue weighted by atomic mass is 10.1. The molecule has 2 N–H and O–H groups in total. The molecule has 5 heteroatoms. The summed E-state index contributed by atoms with van der Waals surface area (Å²) in [7, 11) is 0. The monoisotopic (exact) mass is 244 g/mol. The van der Waals surface area contributed by atoms with Crippen molar-refractivity contribution < 1.29 is 9.50 Å². The van der Waals surface area contributed by atoms with E-state index in [0.29, 0.717) is 12.1 Å². The van der Waals surface area contributed by atoms with Crippen molar-refractivity contribution in [3.63, 3.8) is 0 Å². The van der Waals surface area contributed by atoms with Crippen LogP contribution in [0.2, 0.25) is 5.02 Å². The van der Waals surface area contributed by atoms with E-state index in [4.69, 9.17) is 11.6 Å². The zero-order valence-electron chi connectivity index (χ0n) is 8.84. The third-order valence-corrected chi connectivity index (χ3v) is 3.18. The number of aromatic hydroxyl groups is 1. The second kappa shape index (κ2) is 4.99. The maximum absolute atomic E-state index is 13.5. The number of piperazine rings is 1. The number of phenolic OH excluding ortho intramolecular Hbond substituents is 1. The zero-order chi connectivity index (χ0) is 11.5. The summed E-state index contributed by atoms with van der Waals surface area (Å²) in [5.74, 6) is -0.422. The number of nitrogens with zero attached hydrogens (tertiary/aromatic N) is 1. The minimum Gasteiger partial charge on any atom is -0.506 e. The predicted octanol–water partition coefficient (Wildman–Crippen LogP) is 1.59. The maximum atomic E-state index is 13.5. The summed E-state index contributed by atoms with van der Waals surface area (Å²) in [6.45, 7) is 3.98. The Labute approximate surface area is 98.8 Å². The summed E-state index contributed by atoms with van der Waals surface area (Å²) in [6, 6.07) is 2.53. The van der Waals surface area contributed by atoms with Gasteiger partial charge in [0.05, 0.1) is 5.02 Å². The van der Waals surface area contributed by atoms with Crippen LogP contribution in [0.4, 0.5) is 4.39 Å². The van der Waals surface area contributed by atoms with Crippen molar-refractivity contribution in [1.29, 1.82) is 0 Å². The van der Waals surface area contributed by atoms with Gasteiger partial charge in [-0.25, -0.2) is 4.39 Å². The van der Waals surface area contributed by atoms with Crippen LogP contribution < -0.4 is 5.32 Å². The van der Waals surface area contributed by atoms with Crippen LogP contribution in [0, 0.1) is 5.82 Å². The molecule has 0 aliphatic carbocycles. The van der Waals surface area contributed by atoms with Crippen molar-refractivity contribution in [1.82, 2.24) is 10.2 Å². The summed E-state index contributed by atoms with van der Waals surface area (Å²) < 4.78 is 13.5. The Morgan fingerprint density at radius 2 is 2.06 bits per heavy atom. The van der Waals surface area contributed by atoms with Gasteiger partial charge in [0.1, 0.15) is 11.6 Å². The van der Waals surface area contributed by atoms with E-state index in [1.54, 1.807) is 0 Å². The molecule has 1 saturated heterocycles.